The maximum atomic E-state index is 11.9. The predicted octanol–water partition coefficient (Wildman–Crippen LogP) is 2.87. The number of ketones is 1. The minimum absolute atomic E-state index is 0.294. The van der Waals surface area contributed by atoms with Crippen LogP contribution >= 0.6 is 7.60 Å². The highest BCUT2D eigenvalue weighted by molar-refractivity contribution is 7.54. The molecule has 0 bridgehead atoms. The van der Waals surface area contributed by atoms with Gasteiger partial charge in [-0.25, -0.2) is 0 Å². The van der Waals surface area contributed by atoms with Gasteiger partial charge in [-0.15, -0.1) is 0 Å². The average Bonchev–Trinajstić information content (AvgIpc) is 2.25. The van der Waals surface area contributed by atoms with Crippen molar-refractivity contribution in [1.82, 2.24) is 0 Å². The Bertz CT molecular complexity index is 312. The Labute approximate surface area is 103 Å². The monoisotopic (exact) mass is 262 g/mol. The molecule has 1 aliphatic rings. The van der Waals surface area contributed by atoms with Crippen molar-refractivity contribution in [3.63, 3.8) is 0 Å². The van der Waals surface area contributed by atoms with Crippen LogP contribution < -0.4 is 0 Å². The van der Waals surface area contributed by atoms with Crippen LogP contribution in [-0.2, 0) is 9.36 Å². The summed E-state index contributed by atoms with van der Waals surface area (Å²) < 4.78 is 11.2. The highest BCUT2D eigenvalue weighted by atomic mass is 31.2. The van der Waals surface area contributed by atoms with E-state index in [1.165, 1.54) is 33.1 Å². The van der Waals surface area contributed by atoms with Gasteiger partial charge >= 0.3 is 7.60 Å². The first-order valence-corrected chi connectivity index (χ1v) is 7.95. The smallest absolute Gasteiger partial charge is 0.324 e. The van der Waals surface area contributed by atoms with Gasteiger partial charge < -0.3 is 9.79 Å². The van der Waals surface area contributed by atoms with Crippen LogP contribution in [0.15, 0.2) is 0 Å². The lowest BCUT2D eigenvalue weighted by Gasteiger charge is -2.26. The highest BCUT2D eigenvalue weighted by Gasteiger charge is 2.43. The van der Waals surface area contributed by atoms with Crippen molar-refractivity contribution in [2.75, 3.05) is 0 Å². The zero-order chi connectivity index (χ0) is 13.1. The van der Waals surface area contributed by atoms with Gasteiger partial charge in [0.25, 0.3) is 0 Å². The number of hydrogen-bond acceptors (Lipinski definition) is 2. The first-order chi connectivity index (χ1) is 7.75. The molecule has 17 heavy (non-hydrogen) atoms. The zero-order valence-electron chi connectivity index (χ0n) is 10.7. The Morgan fingerprint density at radius 1 is 1.24 bits per heavy atom. The molecular formula is C12H23O4P. The molecule has 1 saturated carbocycles. The molecule has 0 unspecified atom stereocenters. The van der Waals surface area contributed by atoms with E-state index >= 15 is 0 Å². The van der Waals surface area contributed by atoms with Gasteiger partial charge in [-0.1, -0.05) is 32.1 Å². The Hall–Kier alpha value is -0.180. The molecule has 0 amide bonds. The largest absolute Gasteiger partial charge is 0.338 e. The molecule has 5 heteroatoms. The lowest BCUT2D eigenvalue weighted by atomic mass is 9.85. The first kappa shape index (κ1) is 14.9. The van der Waals surface area contributed by atoms with Crippen molar-refractivity contribution in [2.24, 2.45) is 5.92 Å². The molecule has 1 fully saturated rings. The van der Waals surface area contributed by atoms with Gasteiger partial charge in [0, 0.05) is 6.42 Å². The van der Waals surface area contributed by atoms with Crippen LogP contribution in [0.4, 0.5) is 0 Å². The molecule has 1 aliphatic carbocycles. The summed E-state index contributed by atoms with van der Waals surface area (Å²) in [5.74, 6) is 0.261. The van der Waals surface area contributed by atoms with E-state index in [1.54, 1.807) is 0 Å². The van der Waals surface area contributed by atoms with Gasteiger partial charge in [-0.3, -0.25) is 9.36 Å². The quantitative estimate of drug-likeness (QED) is 0.747. The minimum Gasteiger partial charge on any atom is -0.324 e. The molecule has 0 spiro atoms. The van der Waals surface area contributed by atoms with E-state index in [9.17, 15) is 9.36 Å². The molecule has 100 valence electrons. The molecule has 0 radical (unpaired) electrons. The number of hydrogen-bond donors (Lipinski definition) is 2. The summed E-state index contributed by atoms with van der Waals surface area (Å²) in [6.07, 6.45) is 7.11. The Balaban J connectivity index is 2.46. The highest BCUT2D eigenvalue weighted by Crippen LogP contribution is 2.51. The van der Waals surface area contributed by atoms with E-state index in [1.807, 2.05) is 0 Å². The van der Waals surface area contributed by atoms with E-state index < -0.39 is 12.8 Å². The standard InChI is InChI=1S/C12H23O4P/c1-12(2,17(14,15)16)11(13)9-8-10-6-4-3-5-7-10/h10H,3-9H2,1-2H3,(H2,14,15,16). The lowest BCUT2D eigenvalue weighted by molar-refractivity contribution is -0.121. The van der Waals surface area contributed by atoms with Crippen LogP contribution in [0, 0.1) is 5.92 Å². The van der Waals surface area contributed by atoms with E-state index in [0.29, 0.717) is 12.3 Å². The molecule has 0 heterocycles. The van der Waals surface area contributed by atoms with Crippen molar-refractivity contribution >= 4 is 13.4 Å². The van der Waals surface area contributed by atoms with Crippen molar-refractivity contribution in [1.29, 1.82) is 0 Å². The molecule has 0 saturated heterocycles. The molecule has 0 atom stereocenters. The van der Waals surface area contributed by atoms with Crippen molar-refractivity contribution < 1.29 is 19.1 Å². The summed E-state index contributed by atoms with van der Waals surface area (Å²) >= 11 is 0. The van der Waals surface area contributed by atoms with Crippen LogP contribution in [-0.4, -0.2) is 20.7 Å². The third-order valence-electron chi connectivity index (χ3n) is 3.91. The second kappa shape index (κ2) is 5.64. The first-order valence-electron chi connectivity index (χ1n) is 6.34. The summed E-state index contributed by atoms with van der Waals surface area (Å²) in [7, 11) is -4.34. The molecule has 4 nitrogen and oxygen atoms in total. The molecule has 0 aromatic carbocycles. The van der Waals surface area contributed by atoms with Gasteiger partial charge in [0.05, 0.1) is 0 Å². The minimum atomic E-state index is -4.34. The summed E-state index contributed by atoms with van der Waals surface area (Å²) in [5.41, 5.74) is 0. The third-order valence-corrected chi connectivity index (χ3v) is 5.62. The summed E-state index contributed by atoms with van der Waals surface area (Å²) in [4.78, 5) is 30.1. The van der Waals surface area contributed by atoms with Gasteiger partial charge in [-0.2, -0.15) is 0 Å². The second-order valence-electron chi connectivity index (χ2n) is 5.57. The zero-order valence-corrected chi connectivity index (χ0v) is 11.6. The molecule has 0 aromatic heterocycles. The van der Waals surface area contributed by atoms with Gasteiger partial charge in [0.2, 0.25) is 0 Å². The molecule has 2 N–H and O–H groups in total. The predicted molar refractivity (Wildman–Crippen MR) is 66.9 cm³/mol. The third kappa shape index (κ3) is 3.90. The summed E-state index contributed by atoms with van der Waals surface area (Å²) in [6.45, 7) is 2.69. The van der Waals surface area contributed by atoms with Crippen molar-refractivity contribution in [3.05, 3.63) is 0 Å². The second-order valence-corrected chi connectivity index (χ2v) is 7.78. The Kier molecular flexibility index (Phi) is 4.94. The van der Waals surface area contributed by atoms with Crippen LogP contribution in [0.25, 0.3) is 0 Å². The fourth-order valence-electron chi connectivity index (χ4n) is 2.28. The van der Waals surface area contributed by atoms with Crippen LogP contribution in [0.3, 0.4) is 0 Å². The molecule has 0 aromatic rings. The van der Waals surface area contributed by atoms with Crippen molar-refractivity contribution in [2.45, 2.75) is 63.9 Å². The number of carbonyl (C=O) groups is 1. The number of Topliss-reactive ketones (excluding diaryl/α,β-unsaturated/α-hetero) is 1. The fourth-order valence-corrected chi connectivity index (χ4v) is 2.72. The summed E-state index contributed by atoms with van der Waals surface area (Å²) in [5, 5.41) is -1.53. The maximum absolute atomic E-state index is 11.9. The van der Waals surface area contributed by atoms with E-state index in [0.717, 1.165) is 19.3 Å². The number of rotatable bonds is 5. The Morgan fingerprint density at radius 3 is 2.24 bits per heavy atom. The average molecular weight is 262 g/mol. The van der Waals surface area contributed by atoms with E-state index in [2.05, 4.69) is 0 Å². The lowest BCUT2D eigenvalue weighted by Crippen LogP contribution is -2.31. The Morgan fingerprint density at radius 2 is 1.76 bits per heavy atom. The molecule has 1 rings (SSSR count). The maximum Gasteiger partial charge on any atom is 0.338 e. The topological polar surface area (TPSA) is 74.6 Å². The van der Waals surface area contributed by atoms with Crippen LogP contribution in [0.1, 0.15) is 58.8 Å². The van der Waals surface area contributed by atoms with Crippen LogP contribution in [0.5, 0.6) is 0 Å². The fraction of sp³-hybridized carbons (Fsp3) is 0.917. The van der Waals surface area contributed by atoms with Gasteiger partial charge in [0.15, 0.2) is 5.78 Å². The van der Waals surface area contributed by atoms with Crippen LogP contribution in [0.2, 0.25) is 0 Å². The van der Waals surface area contributed by atoms with Gasteiger partial charge in [0.1, 0.15) is 5.16 Å². The summed E-state index contributed by atoms with van der Waals surface area (Å²) in [6, 6.07) is 0. The van der Waals surface area contributed by atoms with E-state index in [-0.39, 0.29) is 5.78 Å². The normalized spacial score (nSPS) is 19.3. The van der Waals surface area contributed by atoms with E-state index in [4.69, 9.17) is 9.79 Å². The van der Waals surface area contributed by atoms with Crippen molar-refractivity contribution in [3.8, 4) is 0 Å². The molecular weight excluding hydrogens is 239 g/mol. The van der Waals surface area contributed by atoms with Gasteiger partial charge in [-0.05, 0) is 26.2 Å². The molecule has 0 aliphatic heterocycles. The SMILES string of the molecule is CC(C)(C(=O)CCC1CCCCC1)P(=O)(O)O. The number of carbonyl (C=O) groups excluding carboxylic acids is 1.